The molecule has 8 nitrogen and oxygen atoms in total. The summed E-state index contributed by atoms with van der Waals surface area (Å²) in [6, 6.07) is 11.5. The highest BCUT2D eigenvalue weighted by molar-refractivity contribution is 7.92. The predicted molar refractivity (Wildman–Crippen MR) is 101 cm³/mol. The Bertz CT molecular complexity index is 1110. The van der Waals surface area contributed by atoms with E-state index in [2.05, 4.69) is 20.2 Å². The van der Waals surface area contributed by atoms with E-state index in [1.165, 1.54) is 44.4 Å². The summed E-state index contributed by atoms with van der Waals surface area (Å²) < 4.78 is 46.2. The van der Waals surface area contributed by atoms with Gasteiger partial charge in [-0.05, 0) is 49.4 Å². The first-order valence-corrected chi connectivity index (χ1v) is 9.57. The largest absolute Gasteiger partial charge is 0.497 e. The molecule has 0 atom stereocenters. The number of rotatable bonds is 6. The molecule has 0 aliphatic carbocycles. The quantitative estimate of drug-likeness (QED) is 0.585. The van der Waals surface area contributed by atoms with Crippen molar-refractivity contribution in [2.75, 3.05) is 17.1 Å². The molecule has 0 fully saturated rings. The van der Waals surface area contributed by atoms with Crippen molar-refractivity contribution in [1.82, 2.24) is 10.2 Å². The van der Waals surface area contributed by atoms with Gasteiger partial charge < -0.3 is 10.1 Å². The van der Waals surface area contributed by atoms with Gasteiger partial charge in [0.05, 0.1) is 7.11 Å². The highest BCUT2D eigenvalue weighted by atomic mass is 32.2. The lowest BCUT2D eigenvalue weighted by molar-refractivity contribution is 0.102. The summed E-state index contributed by atoms with van der Waals surface area (Å²) in [5, 5.41) is 8.27. The van der Waals surface area contributed by atoms with Crippen molar-refractivity contribution in [3.8, 4) is 5.75 Å². The minimum atomic E-state index is -4.16. The Morgan fingerprint density at radius 3 is 2.50 bits per heavy atom. The molecule has 28 heavy (non-hydrogen) atoms. The number of aryl methyl sites for hydroxylation is 1. The van der Waals surface area contributed by atoms with E-state index in [1.54, 1.807) is 12.1 Å². The highest BCUT2D eigenvalue weighted by Gasteiger charge is 2.28. The monoisotopic (exact) mass is 404 g/mol. The molecule has 1 amide bonds. The maximum absolute atomic E-state index is 13.3. The highest BCUT2D eigenvalue weighted by Crippen LogP contribution is 2.23. The van der Waals surface area contributed by atoms with Crippen LogP contribution < -0.4 is 14.8 Å². The summed E-state index contributed by atoms with van der Waals surface area (Å²) in [6.45, 7) is 1.51. The molecule has 3 aromatic rings. The SMILES string of the molecule is COc1ccc(NS(=O)(=O)c2n[nH]c(C)c2C(=O)Nc2cccc(F)c2)cc1. The van der Waals surface area contributed by atoms with Gasteiger partial charge in [0.25, 0.3) is 15.9 Å². The molecule has 0 unspecified atom stereocenters. The van der Waals surface area contributed by atoms with E-state index < -0.39 is 26.8 Å². The van der Waals surface area contributed by atoms with E-state index in [4.69, 9.17) is 4.74 Å². The number of amides is 1. The van der Waals surface area contributed by atoms with Crippen molar-refractivity contribution in [3.63, 3.8) is 0 Å². The van der Waals surface area contributed by atoms with Crippen molar-refractivity contribution in [2.45, 2.75) is 11.9 Å². The number of sulfonamides is 1. The molecule has 0 aliphatic heterocycles. The maximum atomic E-state index is 13.3. The molecule has 1 heterocycles. The normalized spacial score (nSPS) is 11.1. The van der Waals surface area contributed by atoms with E-state index in [0.29, 0.717) is 5.75 Å². The second-order valence-electron chi connectivity index (χ2n) is 5.83. The van der Waals surface area contributed by atoms with Gasteiger partial charge in [-0.15, -0.1) is 0 Å². The molecule has 0 saturated heterocycles. The van der Waals surface area contributed by atoms with Crippen LogP contribution in [0.15, 0.2) is 53.6 Å². The van der Waals surface area contributed by atoms with Crippen LogP contribution in [0.25, 0.3) is 0 Å². The zero-order valence-corrected chi connectivity index (χ0v) is 15.8. The number of anilines is 2. The summed E-state index contributed by atoms with van der Waals surface area (Å²) in [5.74, 6) is -0.698. The molecule has 0 radical (unpaired) electrons. The molecule has 146 valence electrons. The van der Waals surface area contributed by atoms with Crippen LogP contribution in [-0.2, 0) is 10.0 Å². The fraction of sp³-hybridized carbons (Fsp3) is 0.111. The second-order valence-corrected chi connectivity index (χ2v) is 7.42. The third-order valence-electron chi connectivity index (χ3n) is 3.82. The molecule has 2 aromatic carbocycles. The van der Waals surface area contributed by atoms with E-state index in [1.807, 2.05) is 0 Å². The van der Waals surface area contributed by atoms with E-state index in [-0.39, 0.29) is 22.6 Å². The molecule has 10 heteroatoms. The van der Waals surface area contributed by atoms with Crippen LogP contribution in [0.1, 0.15) is 16.1 Å². The van der Waals surface area contributed by atoms with Crippen LogP contribution in [0.4, 0.5) is 15.8 Å². The fourth-order valence-corrected chi connectivity index (χ4v) is 3.71. The number of aromatic nitrogens is 2. The Morgan fingerprint density at radius 2 is 1.86 bits per heavy atom. The topological polar surface area (TPSA) is 113 Å². The first-order valence-electron chi connectivity index (χ1n) is 8.09. The molecular weight excluding hydrogens is 387 g/mol. The van der Waals surface area contributed by atoms with Crippen molar-refractivity contribution in [1.29, 1.82) is 0 Å². The summed E-state index contributed by atoms with van der Waals surface area (Å²) in [6.07, 6.45) is 0. The predicted octanol–water partition coefficient (Wildman–Crippen LogP) is 2.92. The van der Waals surface area contributed by atoms with Gasteiger partial charge in [0.15, 0.2) is 0 Å². The number of benzene rings is 2. The van der Waals surface area contributed by atoms with Gasteiger partial charge in [0.1, 0.15) is 17.1 Å². The molecule has 0 aliphatic rings. The van der Waals surface area contributed by atoms with Gasteiger partial charge in [0.2, 0.25) is 5.03 Å². The molecule has 3 rings (SSSR count). The maximum Gasteiger partial charge on any atom is 0.282 e. The second kappa shape index (κ2) is 7.69. The van der Waals surface area contributed by atoms with Crippen molar-refractivity contribution >= 4 is 27.3 Å². The van der Waals surface area contributed by atoms with Gasteiger partial charge >= 0.3 is 0 Å². The lowest BCUT2D eigenvalue weighted by atomic mass is 10.2. The van der Waals surface area contributed by atoms with Crippen LogP contribution >= 0.6 is 0 Å². The summed E-state index contributed by atoms with van der Waals surface area (Å²) in [7, 11) is -2.66. The average molecular weight is 404 g/mol. The number of carbonyl (C=O) groups excluding carboxylic acids is 1. The Labute approximate surface area is 160 Å². The summed E-state index contributed by atoms with van der Waals surface area (Å²) in [5.41, 5.74) is 0.560. The van der Waals surface area contributed by atoms with Gasteiger partial charge in [-0.2, -0.15) is 13.5 Å². The Morgan fingerprint density at radius 1 is 1.14 bits per heavy atom. The Balaban J connectivity index is 1.89. The number of aromatic amines is 1. The number of nitrogens with one attached hydrogen (secondary N) is 3. The standard InChI is InChI=1S/C18H17FN4O4S/c1-11-16(17(24)20-14-5-3-4-12(19)10-14)18(22-21-11)28(25,26)23-13-6-8-15(27-2)9-7-13/h3-10,23H,1-2H3,(H,20,24)(H,21,22). The number of ether oxygens (including phenoxy) is 1. The zero-order chi connectivity index (χ0) is 20.3. The minimum absolute atomic E-state index is 0.162. The van der Waals surface area contributed by atoms with Crippen LogP contribution in [0.2, 0.25) is 0 Å². The molecular formula is C18H17FN4O4S. The number of nitrogens with zero attached hydrogens (tertiary/aromatic N) is 1. The first kappa shape index (κ1) is 19.4. The van der Waals surface area contributed by atoms with Gasteiger partial charge in [0, 0.05) is 17.1 Å². The Kier molecular flexibility index (Phi) is 5.32. The summed E-state index contributed by atoms with van der Waals surface area (Å²) in [4.78, 5) is 12.6. The molecule has 3 N–H and O–H groups in total. The van der Waals surface area contributed by atoms with Crippen LogP contribution in [0.5, 0.6) is 5.75 Å². The van der Waals surface area contributed by atoms with Gasteiger partial charge in [-0.25, -0.2) is 4.39 Å². The van der Waals surface area contributed by atoms with Gasteiger partial charge in [-0.3, -0.25) is 14.6 Å². The Hall–Kier alpha value is -3.40. The van der Waals surface area contributed by atoms with E-state index >= 15 is 0 Å². The van der Waals surface area contributed by atoms with Crippen LogP contribution in [0.3, 0.4) is 0 Å². The molecule has 0 bridgehead atoms. The number of H-pyrrole nitrogens is 1. The molecule has 1 aromatic heterocycles. The van der Waals surface area contributed by atoms with Crippen molar-refractivity contribution in [2.24, 2.45) is 0 Å². The third kappa shape index (κ3) is 4.12. The van der Waals surface area contributed by atoms with Crippen LogP contribution in [-0.4, -0.2) is 31.6 Å². The van der Waals surface area contributed by atoms with Gasteiger partial charge in [-0.1, -0.05) is 6.07 Å². The number of carbonyl (C=O) groups is 1. The van der Waals surface area contributed by atoms with E-state index in [9.17, 15) is 17.6 Å². The minimum Gasteiger partial charge on any atom is -0.497 e. The smallest absolute Gasteiger partial charge is 0.282 e. The average Bonchev–Trinajstić information content (AvgIpc) is 3.05. The third-order valence-corrected chi connectivity index (χ3v) is 5.13. The lowest BCUT2D eigenvalue weighted by Gasteiger charge is -2.09. The number of hydrogen-bond acceptors (Lipinski definition) is 5. The van der Waals surface area contributed by atoms with E-state index in [0.717, 1.165) is 6.07 Å². The summed E-state index contributed by atoms with van der Waals surface area (Å²) >= 11 is 0. The first-order chi connectivity index (χ1) is 13.3. The number of hydrogen-bond donors (Lipinski definition) is 3. The van der Waals surface area contributed by atoms with Crippen LogP contribution in [0, 0.1) is 12.7 Å². The number of methoxy groups -OCH3 is 1. The molecule has 0 spiro atoms. The van der Waals surface area contributed by atoms with Crippen molar-refractivity contribution in [3.05, 3.63) is 65.6 Å². The lowest BCUT2D eigenvalue weighted by Crippen LogP contribution is -2.20. The number of halogens is 1. The zero-order valence-electron chi connectivity index (χ0n) is 15.0. The molecule has 0 saturated carbocycles. The van der Waals surface area contributed by atoms with Crippen molar-refractivity contribution < 1.29 is 22.3 Å². The fourth-order valence-electron chi connectivity index (χ4n) is 2.49.